The fourth-order valence-corrected chi connectivity index (χ4v) is 4.19. The van der Waals surface area contributed by atoms with Gasteiger partial charge in [0, 0.05) is 29.1 Å². The molecule has 2 aliphatic heterocycles. The van der Waals surface area contributed by atoms with E-state index in [4.69, 9.17) is 0 Å². The van der Waals surface area contributed by atoms with Crippen molar-refractivity contribution in [2.75, 3.05) is 6.54 Å². The van der Waals surface area contributed by atoms with E-state index >= 15 is 0 Å². The first kappa shape index (κ1) is 15.0. The van der Waals surface area contributed by atoms with Crippen LogP contribution in [-0.2, 0) is 0 Å². The normalized spacial score (nSPS) is 27.7. The van der Waals surface area contributed by atoms with Crippen LogP contribution in [0.15, 0.2) is 22.7 Å². The molecule has 0 radical (unpaired) electrons. The topological polar surface area (TPSA) is 32.3 Å². The molecule has 0 aromatic heterocycles. The molecule has 0 spiro atoms. The smallest absolute Gasteiger partial charge is 0.255 e. The number of nitrogens with zero attached hydrogens (tertiary/aromatic N) is 1. The molecule has 1 aromatic carbocycles. The molecule has 3 rings (SSSR count). The molecule has 1 N–H and O–H groups in total. The lowest BCUT2D eigenvalue weighted by molar-refractivity contribution is 0.0630. The lowest BCUT2D eigenvalue weighted by Gasteiger charge is -2.37. The third-order valence-corrected chi connectivity index (χ3v) is 5.31. The van der Waals surface area contributed by atoms with Crippen LogP contribution in [0, 0.1) is 5.82 Å². The van der Waals surface area contributed by atoms with Crippen LogP contribution in [0.4, 0.5) is 4.39 Å². The zero-order valence-corrected chi connectivity index (χ0v) is 13.7. The maximum atomic E-state index is 13.2. The monoisotopic (exact) mass is 354 g/mol. The van der Waals surface area contributed by atoms with Crippen LogP contribution in [0.3, 0.4) is 0 Å². The fraction of sp³-hybridized carbons (Fsp3) is 0.562. The number of hydrogen-bond donors (Lipinski definition) is 1. The van der Waals surface area contributed by atoms with Crippen molar-refractivity contribution in [2.45, 2.75) is 50.7 Å². The summed E-state index contributed by atoms with van der Waals surface area (Å²) in [6.45, 7) is 2.70. The summed E-state index contributed by atoms with van der Waals surface area (Å²) in [4.78, 5) is 14.7. The quantitative estimate of drug-likeness (QED) is 0.902. The van der Waals surface area contributed by atoms with Crippen LogP contribution < -0.4 is 5.32 Å². The minimum atomic E-state index is -0.332. The van der Waals surface area contributed by atoms with Gasteiger partial charge in [-0.3, -0.25) is 4.79 Å². The molecular weight excluding hydrogens is 335 g/mol. The Hall–Kier alpha value is -0.940. The molecule has 21 heavy (non-hydrogen) atoms. The summed E-state index contributed by atoms with van der Waals surface area (Å²) in [7, 11) is 0. The number of carbonyl (C=O) groups excluding carboxylic acids is 1. The third-order valence-electron chi connectivity index (χ3n) is 4.65. The Morgan fingerprint density at radius 3 is 2.62 bits per heavy atom. The van der Waals surface area contributed by atoms with Crippen LogP contribution in [0.25, 0.3) is 0 Å². The zero-order valence-electron chi connectivity index (χ0n) is 12.1. The molecule has 2 atom stereocenters. The average Bonchev–Trinajstić information content (AvgIpc) is 2.78. The molecule has 2 heterocycles. The number of fused-ring (bicyclic) bond motifs is 2. The highest BCUT2D eigenvalue weighted by atomic mass is 79.9. The van der Waals surface area contributed by atoms with E-state index in [-0.39, 0.29) is 11.7 Å². The van der Waals surface area contributed by atoms with Gasteiger partial charge in [0.25, 0.3) is 5.91 Å². The zero-order chi connectivity index (χ0) is 15.0. The number of hydrogen-bond acceptors (Lipinski definition) is 2. The van der Waals surface area contributed by atoms with Gasteiger partial charge in [-0.15, -0.1) is 0 Å². The Morgan fingerprint density at radius 2 is 2.05 bits per heavy atom. The van der Waals surface area contributed by atoms with Gasteiger partial charge in [0.15, 0.2) is 0 Å². The molecule has 2 saturated heterocycles. The van der Waals surface area contributed by atoms with Crippen molar-refractivity contribution < 1.29 is 9.18 Å². The standard InChI is InChI=1S/C16H20BrFN2O/c1-2-20(13-8-11-4-5-12(9-13)19-11)16(21)14-6-3-10(18)7-15(14)17/h3,6-7,11-13,19H,2,4-5,8-9H2,1H3. The Balaban J connectivity index is 1.80. The van der Waals surface area contributed by atoms with Gasteiger partial charge >= 0.3 is 0 Å². The van der Waals surface area contributed by atoms with Crippen molar-refractivity contribution in [2.24, 2.45) is 0 Å². The predicted octanol–water partition coefficient (Wildman–Crippen LogP) is 3.33. The number of rotatable bonds is 3. The molecule has 0 aliphatic carbocycles. The van der Waals surface area contributed by atoms with Gasteiger partial charge < -0.3 is 10.2 Å². The van der Waals surface area contributed by atoms with E-state index in [1.807, 2.05) is 11.8 Å². The van der Waals surface area contributed by atoms with Gasteiger partial charge in [0.1, 0.15) is 5.82 Å². The SMILES string of the molecule is CCN(C(=O)c1ccc(F)cc1Br)C1CC2CCC(C1)N2. The van der Waals surface area contributed by atoms with E-state index in [2.05, 4.69) is 21.2 Å². The van der Waals surface area contributed by atoms with Gasteiger partial charge in [-0.05, 0) is 66.7 Å². The minimum Gasteiger partial charge on any atom is -0.336 e. The largest absolute Gasteiger partial charge is 0.336 e. The first-order valence-electron chi connectivity index (χ1n) is 7.60. The summed E-state index contributed by atoms with van der Waals surface area (Å²) in [5.74, 6) is -0.336. The van der Waals surface area contributed by atoms with Crippen molar-refractivity contribution in [3.8, 4) is 0 Å². The van der Waals surface area contributed by atoms with Gasteiger partial charge in [0.2, 0.25) is 0 Å². The molecule has 1 amide bonds. The average molecular weight is 355 g/mol. The molecule has 2 unspecified atom stereocenters. The summed E-state index contributed by atoms with van der Waals surface area (Å²) in [5.41, 5.74) is 0.545. The van der Waals surface area contributed by atoms with Gasteiger partial charge in [0.05, 0.1) is 5.56 Å². The number of amides is 1. The van der Waals surface area contributed by atoms with Crippen LogP contribution in [0.1, 0.15) is 43.0 Å². The second kappa shape index (κ2) is 6.05. The molecular formula is C16H20BrFN2O. The van der Waals surface area contributed by atoms with E-state index in [1.54, 1.807) is 6.07 Å². The van der Waals surface area contributed by atoms with Gasteiger partial charge in [-0.25, -0.2) is 4.39 Å². The van der Waals surface area contributed by atoms with Crippen molar-refractivity contribution in [3.05, 3.63) is 34.1 Å². The summed E-state index contributed by atoms with van der Waals surface area (Å²) in [6.07, 6.45) is 4.48. The Bertz CT molecular complexity index is 539. The van der Waals surface area contributed by atoms with Crippen molar-refractivity contribution >= 4 is 21.8 Å². The molecule has 3 nitrogen and oxygen atoms in total. The lowest BCUT2D eigenvalue weighted by atomic mass is 9.97. The first-order chi connectivity index (χ1) is 10.1. The predicted molar refractivity (Wildman–Crippen MR) is 83.8 cm³/mol. The van der Waals surface area contributed by atoms with Gasteiger partial charge in [-0.2, -0.15) is 0 Å². The van der Waals surface area contributed by atoms with E-state index in [0.717, 1.165) is 12.8 Å². The second-order valence-electron chi connectivity index (χ2n) is 5.98. The van der Waals surface area contributed by atoms with E-state index in [9.17, 15) is 9.18 Å². The van der Waals surface area contributed by atoms with Crippen LogP contribution in [0.2, 0.25) is 0 Å². The first-order valence-corrected chi connectivity index (χ1v) is 8.40. The van der Waals surface area contributed by atoms with E-state index in [0.29, 0.717) is 34.7 Å². The molecule has 1 aromatic rings. The molecule has 2 fully saturated rings. The Morgan fingerprint density at radius 1 is 1.38 bits per heavy atom. The number of piperidine rings is 1. The maximum absolute atomic E-state index is 13.2. The lowest BCUT2D eigenvalue weighted by Crippen LogP contribution is -2.50. The van der Waals surface area contributed by atoms with Crippen molar-refractivity contribution in [1.29, 1.82) is 0 Å². The Labute approximate surface area is 133 Å². The van der Waals surface area contributed by atoms with Crippen LogP contribution in [-0.4, -0.2) is 35.5 Å². The molecule has 0 saturated carbocycles. The van der Waals surface area contributed by atoms with Crippen molar-refractivity contribution in [1.82, 2.24) is 10.2 Å². The molecule has 5 heteroatoms. The second-order valence-corrected chi connectivity index (χ2v) is 6.83. The summed E-state index contributed by atoms with van der Waals surface area (Å²) >= 11 is 3.31. The van der Waals surface area contributed by atoms with Crippen LogP contribution >= 0.6 is 15.9 Å². The van der Waals surface area contributed by atoms with E-state index < -0.39 is 0 Å². The number of carbonyl (C=O) groups is 1. The van der Waals surface area contributed by atoms with Crippen molar-refractivity contribution in [3.63, 3.8) is 0 Å². The van der Waals surface area contributed by atoms with Gasteiger partial charge in [-0.1, -0.05) is 0 Å². The number of halogens is 2. The summed E-state index contributed by atoms with van der Waals surface area (Å²) < 4.78 is 13.7. The van der Waals surface area contributed by atoms with Crippen LogP contribution in [0.5, 0.6) is 0 Å². The number of nitrogens with one attached hydrogen (secondary N) is 1. The molecule has 114 valence electrons. The maximum Gasteiger partial charge on any atom is 0.255 e. The van der Waals surface area contributed by atoms with E-state index in [1.165, 1.54) is 25.0 Å². The summed E-state index contributed by atoms with van der Waals surface area (Å²) in [5, 5.41) is 3.60. The highest BCUT2D eigenvalue weighted by Gasteiger charge is 2.37. The molecule has 2 aliphatic rings. The third kappa shape index (κ3) is 2.99. The highest BCUT2D eigenvalue weighted by molar-refractivity contribution is 9.10. The Kier molecular flexibility index (Phi) is 4.31. The minimum absolute atomic E-state index is 0.00400. The fourth-order valence-electron chi connectivity index (χ4n) is 3.67. The summed E-state index contributed by atoms with van der Waals surface area (Å²) in [6, 6.07) is 5.66. The number of benzene rings is 1. The molecule has 2 bridgehead atoms. The highest BCUT2D eigenvalue weighted by Crippen LogP contribution is 2.31.